The molecule has 0 aliphatic heterocycles. The van der Waals surface area contributed by atoms with Crippen molar-refractivity contribution < 1.29 is 0 Å². The van der Waals surface area contributed by atoms with Crippen molar-refractivity contribution in [2.45, 2.75) is 6.92 Å². The Kier molecular flexibility index (Phi) is 1.51. The van der Waals surface area contributed by atoms with Crippen LogP contribution in [0.25, 0.3) is 5.00 Å². The van der Waals surface area contributed by atoms with E-state index in [0.29, 0.717) is 0 Å². The fourth-order valence-electron chi connectivity index (χ4n) is 0.941. The van der Waals surface area contributed by atoms with Crippen molar-refractivity contribution in [2.75, 3.05) is 0 Å². The summed E-state index contributed by atoms with van der Waals surface area (Å²) < 4.78 is 2.01. The SMILES string of the molecule is Cc1csc(-n2ccnc2)c1. The summed E-state index contributed by atoms with van der Waals surface area (Å²) in [5.74, 6) is 0. The van der Waals surface area contributed by atoms with Crippen LogP contribution in [0.4, 0.5) is 0 Å². The Bertz CT molecular complexity index is 335. The predicted molar refractivity (Wildman–Crippen MR) is 46.2 cm³/mol. The number of nitrogens with zero attached hydrogens (tertiary/aromatic N) is 2. The highest BCUT2D eigenvalue weighted by Gasteiger charge is 1.96. The molecule has 0 amide bonds. The van der Waals surface area contributed by atoms with Crippen LogP contribution >= 0.6 is 11.3 Å². The molecule has 0 atom stereocenters. The average molecular weight is 164 g/mol. The zero-order chi connectivity index (χ0) is 7.68. The minimum absolute atomic E-state index is 1.22. The summed E-state index contributed by atoms with van der Waals surface area (Å²) >= 11 is 1.73. The lowest BCUT2D eigenvalue weighted by Gasteiger charge is -1.92. The van der Waals surface area contributed by atoms with E-state index in [0.717, 1.165) is 0 Å². The average Bonchev–Trinajstić information content (AvgIpc) is 2.55. The van der Waals surface area contributed by atoms with Gasteiger partial charge in [0.1, 0.15) is 5.00 Å². The van der Waals surface area contributed by atoms with E-state index >= 15 is 0 Å². The third-order valence-electron chi connectivity index (χ3n) is 1.48. The summed E-state index contributed by atoms with van der Waals surface area (Å²) in [5.41, 5.74) is 1.30. The molecule has 0 radical (unpaired) electrons. The smallest absolute Gasteiger partial charge is 0.100 e. The van der Waals surface area contributed by atoms with E-state index in [9.17, 15) is 0 Å². The highest BCUT2D eigenvalue weighted by molar-refractivity contribution is 7.12. The molecule has 2 aromatic heterocycles. The van der Waals surface area contributed by atoms with Crippen LogP contribution in [0.15, 0.2) is 30.2 Å². The maximum absolute atomic E-state index is 3.98. The molecule has 0 saturated heterocycles. The second-order valence-electron chi connectivity index (χ2n) is 2.43. The number of imidazole rings is 1. The highest BCUT2D eigenvalue weighted by atomic mass is 32.1. The lowest BCUT2D eigenvalue weighted by atomic mass is 10.4. The van der Waals surface area contributed by atoms with Crippen LogP contribution in [-0.4, -0.2) is 9.55 Å². The van der Waals surface area contributed by atoms with Gasteiger partial charge in [0.25, 0.3) is 0 Å². The van der Waals surface area contributed by atoms with Gasteiger partial charge in [0, 0.05) is 12.4 Å². The van der Waals surface area contributed by atoms with Crippen molar-refractivity contribution in [3.63, 3.8) is 0 Å². The summed E-state index contributed by atoms with van der Waals surface area (Å²) in [6.07, 6.45) is 5.55. The number of aromatic nitrogens is 2. The molecule has 11 heavy (non-hydrogen) atoms. The van der Waals surface area contributed by atoms with Crippen molar-refractivity contribution in [3.8, 4) is 5.00 Å². The maximum Gasteiger partial charge on any atom is 0.100 e. The summed E-state index contributed by atoms with van der Waals surface area (Å²) in [6.45, 7) is 2.09. The third kappa shape index (κ3) is 1.19. The number of hydrogen-bond donors (Lipinski definition) is 0. The van der Waals surface area contributed by atoms with Crippen LogP contribution in [0.5, 0.6) is 0 Å². The quantitative estimate of drug-likeness (QED) is 0.632. The molecule has 2 aromatic rings. The fourth-order valence-corrected chi connectivity index (χ4v) is 1.80. The Labute approximate surface area is 69.1 Å². The number of aryl methyl sites for hydroxylation is 1. The van der Waals surface area contributed by atoms with Crippen LogP contribution in [0.1, 0.15) is 5.56 Å². The van der Waals surface area contributed by atoms with E-state index in [1.165, 1.54) is 10.6 Å². The summed E-state index contributed by atoms with van der Waals surface area (Å²) in [7, 11) is 0. The molecule has 2 rings (SSSR count). The topological polar surface area (TPSA) is 17.8 Å². The summed E-state index contributed by atoms with van der Waals surface area (Å²) in [6, 6.07) is 2.15. The standard InChI is InChI=1S/C8H8N2S/c1-7-4-8(11-5-7)10-3-2-9-6-10/h2-6H,1H3. The molecule has 0 fully saturated rings. The zero-order valence-electron chi connectivity index (χ0n) is 6.19. The van der Waals surface area contributed by atoms with Crippen LogP contribution in [0.3, 0.4) is 0 Å². The molecule has 0 unspecified atom stereocenters. The van der Waals surface area contributed by atoms with Gasteiger partial charge in [-0.25, -0.2) is 4.98 Å². The second kappa shape index (κ2) is 2.51. The van der Waals surface area contributed by atoms with E-state index in [1.807, 2.05) is 17.1 Å². The van der Waals surface area contributed by atoms with Gasteiger partial charge in [-0.05, 0) is 23.9 Å². The zero-order valence-corrected chi connectivity index (χ0v) is 7.01. The lowest BCUT2D eigenvalue weighted by Crippen LogP contribution is -1.82. The van der Waals surface area contributed by atoms with Gasteiger partial charge >= 0.3 is 0 Å². The van der Waals surface area contributed by atoms with Crippen molar-refractivity contribution in [2.24, 2.45) is 0 Å². The van der Waals surface area contributed by atoms with Crippen LogP contribution in [-0.2, 0) is 0 Å². The normalized spacial score (nSPS) is 10.3. The summed E-state index contributed by atoms with van der Waals surface area (Å²) in [5, 5.41) is 3.36. The Balaban J connectivity index is 2.45. The van der Waals surface area contributed by atoms with Crippen molar-refractivity contribution in [1.29, 1.82) is 0 Å². The van der Waals surface area contributed by atoms with Gasteiger partial charge in [-0.3, -0.25) is 4.57 Å². The summed E-state index contributed by atoms with van der Waals surface area (Å²) in [4.78, 5) is 3.98. The lowest BCUT2D eigenvalue weighted by molar-refractivity contribution is 1.08. The monoisotopic (exact) mass is 164 g/mol. The largest absolute Gasteiger partial charge is 0.298 e. The first kappa shape index (κ1) is 6.61. The Morgan fingerprint density at radius 3 is 3.00 bits per heavy atom. The molecule has 0 aliphatic rings. The molecule has 2 heterocycles. The van der Waals surface area contributed by atoms with Gasteiger partial charge < -0.3 is 0 Å². The molecule has 0 N–H and O–H groups in total. The third-order valence-corrected chi connectivity index (χ3v) is 2.54. The van der Waals surface area contributed by atoms with E-state index < -0.39 is 0 Å². The van der Waals surface area contributed by atoms with Gasteiger partial charge in [0.2, 0.25) is 0 Å². The fraction of sp³-hybridized carbons (Fsp3) is 0.125. The highest BCUT2D eigenvalue weighted by Crippen LogP contribution is 2.17. The van der Waals surface area contributed by atoms with Gasteiger partial charge in [-0.15, -0.1) is 11.3 Å². The van der Waals surface area contributed by atoms with Crippen LogP contribution < -0.4 is 0 Å². The molecular formula is C8H8N2S. The second-order valence-corrected chi connectivity index (χ2v) is 3.32. The molecule has 0 bridgehead atoms. The Hall–Kier alpha value is -1.09. The molecule has 56 valence electrons. The van der Waals surface area contributed by atoms with Crippen molar-refractivity contribution in [3.05, 3.63) is 35.7 Å². The Morgan fingerprint density at radius 1 is 1.55 bits per heavy atom. The first-order valence-electron chi connectivity index (χ1n) is 3.40. The van der Waals surface area contributed by atoms with Gasteiger partial charge in [-0.1, -0.05) is 0 Å². The number of thiophene rings is 1. The van der Waals surface area contributed by atoms with E-state index in [-0.39, 0.29) is 0 Å². The van der Waals surface area contributed by atoms with Crippen molar-refractivity contribution in [1.82, 2.24) is 9.55 Å². The first-order valence-corrected chi connectivity index (χ1v) is 4.28. The molecule has 2 nitrogen and oxygen atoms in total. The van der Waals surface area contributed by atoms with E-state index in [1.54, 1.807) is 17.5 Å². The maximum atomic E-state index is 3.98. The Morgan fingerprint density at radius 2 is 2.45 bits per heavy atom. The van der Waals surface area contributed by atoms with Gasteiger partial charge in [-0.2, -0.15) is 0 Å². The minimum Gasteiger partial charge on any atom is -0.298 e. The molecule has 3 heteroatoms. The predicted octanol–water partition coefficient (Wildman–Crippen LogP) is 2.24. The number of hydrogen-bond acceptors (Lipinski definition) is 2. The number of rotatable bonds is 1. The minimum atomic E-state index is 1.22. The molecule has 0 aromatic carbocycles. The molecule has 0 aliphatic carbocycles. The first-order chi connectivity index (χ1) is 5.36. The van der Waals surface area contributed by atoms with Crippen LogP contribution in [0, 0.1) is 6.92 Å². The van der Waals surface area contributed by atoms with E-state index in [2.05, 4.69) is 23.4 Å². The molecule has 0 saturated carbocycles. The molecular weight excluding hydrogens is 156 g/mol. The van der Waals surface area contributed by atoms with Gasteiger partial charge in [0.05, 0.1) is 6.33 Å². The molecule has 0 spiro atoms. The van der Waals surface area contributed by atoms with Gasteiger partial charge in [0.15, 0.2) is 0 Å². The van der Waals surface area contributed by atoms with Crippen molar-refractivity contribution >= 4 is 11.3 Å². The van der Waals surface area contributed by atoms with Crippen LogP contribution in [0.2, 0.25) is 0 Å². The van der Waals surface area contributed by atoms with E-state index in [4.69, 9.17) is 0 Å².